The molecule has 0 spiro atoms. The lowest BCUT2D eigenvalue weighted by Crippen LogP contribution is -2.46. The molecule has 1 aromatic rings. The molecule has 1 aromatic carbocycles. The number of nitrogens with zero attached hydrogens (tertiary/aromatic N) is 1. The topological polar surface area (TPSA) is 32.3 Å². The Bertz CT molecular complexity index is 608. The zero-order chi connectivity index (χ0) is 17.4. The van der Waals surface area contributed by atoms with Crippen LogP contribution >= 0.6 is 12.4 Å². The fourth-order valence-corrected chi connectivity index (χ4v) is 4.20. The fraction of sp³-hybridized carbons (Fsp3) is 0.591. The second-order valence-corrected chi connectivity index (χ2v) is 7.38. The van der Waals surface area contributed by atoms with E-state index in [0.717, 1.165) is 50.9 Å². The predicted molar refractivity (Wildman–Crippen MR) is 110 cm³/mol. The van der Waals surface area contributed by atoms with Gasteiger partial charge in [0.05, 0.1) is 18.5 Å². The lowest BCUT2D eigenvalue weighted by atomic mass is 9.68. The van der Waals surface area contributed by atoms with Gasteiger partial charge in [-0.05, 0) is 44.3 Å². The smallest absolute Gasteiger partial charge is 0.231 e. The minimum absolute atomic E-state index is 0. The van der Waals surface area contributed by atoms with E-state index in [9.17, 15) is 4.79 Å². The zero-order valence-corrected chi connectivity index (χ0v) is 16.5. The van der Waals surface area contributed by atoms with Crippen LogP contribution in [0.2, 0.25) is 0 Å². The monoisotopic (exact) mass is 374 g/mol. The Kier molecular flexibility index (Phi) is 8.48. The largest absolute Gasteiger partial charge is 0.344 e. The number of carbonyl (C=O) groups excluding carboxylic acids is 1. The molecule has 1 aliphatic heterocycles. The molecule has 4 heteroatoms. The van der Waals surface area contributed by atoms with Gasteiger partial charge in [-0.25, -0.2) is 0 Å². The molecule has 26 heavy (non-hydrogen) atoms. The molecule has 1 N–H and O–H groups in total. The van der Waals surface area contributed by atoms with Gasteiger partial charge in [-0.3, -0.25) is 9.69 Å². The molecule has 142 valence electrons. The molecule has 2 fully saturated rings. The molecule has 0 unspecified atom stereocenters. The third-order valence-electron chi connectivity index (χ3n) is 5.68. The first-order chi connectivity index (χ1) is 12.3. The Balaban J connectivity index is 0.00000243. The molecule has 1 saturated carbocycles. The van der Waals surface area contributed by atoms with Gasteiger partial charge in [0, 0.05) is 0 Å². The SMILES string of the molecule is Cl.O=C(NCC#CCN1CCCCC1)C1(c2ccccc2)CCCCC1. The van der Waals surface area contributed by atoms with Crippen LogP contribution in [0.5, 0.6) is 0 Å². The maximum atomic E-state index is 13.0. The van der Waals surface area contributed by atoms with Gasteiger partial charge >= 0.3 is 0 Å². The van der Waals surface area contributed by atoms with Gasteiger partial charge < -0.3 is 5.32 Å². The number of piperidine rings is 1. The number of benzene rings is 1. The maximum absolute atomic E-state index is 13.0. The minimum atomic E-state index is -0.353. The average molecular weight is 375 g/mol. The summed E-state index contributed by atoms with van der Waals surface area (Å²) in [6.07, 6.45) is 9.31. The summed E-state index contributed by atoms with van der Waals surface area (Å²) in [6, 6.07) is 10.3. The van der Waals surface area contributed by atoms with E-state index in [1.54, 1.807) is 0 Å². The quantitative estimate of drug-likeness (QED) is 0.810. The van der Waals surface area contributed by atoms with Crippen LogP contribution in [0.3, 0.4) is 0 Å². The standard InChI is InChI=1S/C22H30N2O.ClH/c25-21(23-16-8-11-19-24-17-9-3-10-18-24)22(14-6-2-7-15-22)20-12-4-1-5-13-20;/h1,4-5,12-13H,2-3,6-7,9-10,14-19H2,(H,23,25);1H. The Morgan fingerprint density at radius 3 is 2.31 bits per heavy atom. The number of carbonyl (C=O) groups is 1. The lowest BCUT2D eigenvalue weighted by molar-refractivity contribution is -0.127. The third-order valence-corrected chi connectivity index (χ3v) is 5.68. The number of nitrogens with one attached hydrogen (secondary N) is 1. The number of hydrogen-bond donors (Lipinski definition) is 1. The normalized spacial score (nSPS) is 19.5. The van der Waals surface area contributed by atoms with E-state index in [-0.39, 0.29) is 23.7 Å². The van der Waals surface area contributed by atoms with Crippen molar-refractivity contribution < 1.29 is 4.79 Å². The van der Waals surface area contributed by atoms with Gasteiger partial charge in [-0.2, -0.15) is 0 Å². The Labute approximate surface area is 164 Å². The van der Waals surface area contributed by atoms with Gasteiger partial charge in [0.2, 0.25) is 5.91 Å². The van der Waals surface area contributed by atoms with Crippen molar-refractivity contribution in [2.24, 2.45) is 0 Å². The van der Waals surface area contributed by atoms with Crippen LogP contribution in [-0.2, 0) is 10.2 Å². The van der Waals surface area contributed by atoms with Gasteiger partial charge in [0.1, 0.15) is 0 Å². The second-order valence-electron chi connectivity index (χ2n) is 7.38. The molecule has 3 rings (SSSR count). The highest BCUT2D eigenvalue weighted by Crippen LogP contribution is 2.39. The van der Waals surface area contributed by atoms with Crippen molar-refractivity contribution in [3.63, 3.8) is 0 Å². The van der Waals surface area contributed by atoms with Crippen molar-refractivity contribution in [1.29, 1.82) is 0 Å². The molecule has 0 radical (unpaired) electrons. The fourth-order valence-electron chi connectivity index (χ4n) is 4.20. The van der Waals surface area contributed by atoms with Crippen LogP contribution in [0.1, 0.15) is 56.9 Å². The summed E-state index contributed by atoms with van der Waals surface area (Å²) in [6.45, 7) is 3.62. The minimum Gasteiger partial charge on any atom is -0.344 e. The average Bonchev–Trinajstić information content (AvgIpc) is 2.69. The molecule has 1 saturated heterocycles. The third kappa shape index (κ3) is 5.25. The first kappa shape index (κ1) is 20.8. The summed E-state index contributed by atoms with van der Waals surface area (Å²) >= 11 is 0. The number of rotatable bonds is 4. The van der Waals surface area contributed by atoms with Crippen molar-refractivity contribution in [3.05, 3.63) is 35.9 Å². The molecule has 1 amide bonds. The number of amides is 1. The van der Waals surface area contributed by atoms with Crippen LogP contribution in [0.15, 0.2) is 30.3 Å². The van der Waals surface area contributed by atoms with Crippen LogP contribution in [-0.4, -0.2) is 37.0 Å². The van der Waals surface area contributed by atoms with Gasteiger partial charge in [-0.15, -0.1) is 12.4 Å². The molecular weight excluding hydrogens is 344 g/mol. The zero-order valence-electron chi connectivity index (χ0n) is 15.6. The molecule has 0 atom stereocenters. The number of hydrogen-bond acceptors (Lipinski definition) is 2. The summed E-state index contributed by atoms with van der Waals surface area (Å²) in [4.78, 5) is 15.4. The summed E-state index contributed by atoms with van der Waals surface area (Å²) < 4.78 is 0. The molecule has 2 aliphatic rings. The Hall–Kier alpha value is -1.50. The van der Waals surface area contributed by atoms with Crippen LogP contribution in [0.4, 0.5) is 0 Å². The highest BCUT2D eigenvalue weighted by Gasteiger charge is 2.40. The predicted octanol–water partition coefficient (Wildman–Crippen LogP) is 3.92. The van der Waals surface area contributed by atoms with Crippen molar-refractivity contribution in [2.45, 2.75) is 56.8 Å². The number of halogens is 1. The second kappa shape index (κ2) is 10.6. The van der Waals surface area contributed by atoms with Crippen molar-refractivity contribution in [3.8, 4) is 11.8 Å². The van der Waals surface area contributed by atoms with Crippen LogP contribution < -0.4 is 5.32 Å². The summed E-state index contributed by atoms with van der Waals surface area (Å²) in [7, 11) is 0. The van der Waals surface area contributed by atoms with Gasteiger partial charge in [0.15, 0.2) is 0 Å². The first-order valence-corrected chi connectivity index (χ1v) is 9.83. The van der Waals surface area contributed by atoms with Gasteiger partial charge in [-0.1, -0.05) is 67.9 Å². The van der Waals surface area contributed by atoms with Crippen LogP contribution in [0, 0.1) is 11.8 Å². The van der Waals surface area contributed by atoms with E-state index in [2.05, 4.69) is 34.2 Å². The Morgan fingerprint density at radius 2 is 1.62 bits per heavy atom. The number of likely N-dealkylation sites (tertiary alicyclic amines) is 1. The van der Waals surface area contributed by atoms with Gasteiger partial charge in [0.25, 0.3) is 0 Å². The van der Waals surface area contributed by atoms with Crippen LogP contribution in [0.25, 0.3) is 0 Å². The summed E-state index contributed by atoms with van der Waals surface area (Å²) in [5.74, 6) is 6.53. The lowest BCUT2D eigenvalue weighted by Gasteiger charge is -2.36. The summed E-state index contributed by atoms with van der Waals surface area (Å²) in [5, 5.41) is 3.10. The maximum Gasteiger partial charge on any atom is 0.231 e. The van der Waals surface area contributed by atoms with Crippen molar-refractivity contribution >= 4 is 18.3 Å². The summed E-state index contributed by atoms with van der Waals surface area (Å²) in [5.41, 5.74) is 0.808. The van der Waals surface area contributed by atoms with E-state index in [1.165, 1.54) is 25.7 Å². The van der Waals surface area contributed by atoms with E-state index < -0.39 is 0 Å². The molecule has 1 aliphatic carbocycles. The molecule has 1 heterocycles. The highest BCUT2D eigenvalue weighted by atomic mass is 35.5. The molecule has 0 aromatic heterocycles. The van der Waals surface area contributed by atoms with Crippen molar-refractivity contribution in [1.82, 2.24) is 10.2 Å². The first-order valence-electron chi connectivity index (χ1n) is 9.83. The van der Waals surface area contributed by atoms with E-state index in [1.807, 2.05) is 18.2 Å². The van der Waals surface area contributed by atoms with E-state index in [4.69, 9.17) is 0 Å². The highest BCUT2D eigenvalue weighted by molar-refractivity contribution is 5.88. The Morgan fingerprint density at radius 1 is 0.962 bits per heavy atom. The van der Waals surface area contributed by atoms with E-state index >= 15 is 0 Å². The van der Waals surface area contributed by atoms with Crippen molar-refractivity contribution in [2.75, 3.05) is 26.2 Å². The molecule has 0 bridgehead atoms. The van der Waals surface area contributed by atoms with E-state index in [0.29, 0.717) is 6.54 Å². The molecule has 3 nitrogen and oxygen atoms in total. The molecular formula is C22H31ClN2O.